The molecule has 0 radical (unpaired) electrons. The number of pyridine rings is 1. The zero-order chi connectivity index (χ0) is 13.9. The normalized spacial score (nSPS) is 11.2. The first-order chi connectivity index (χ1) is 8.99. The lowest BCUT2D eigenvalue weighted by Crippen LogP contribution is -2.11. The molecule has 0 amide bonds. The zero-order valence-electron chi connectivity index (χ0n) is 11.8. The van der Waals surface area contributed by atoms with E-state index in [0.29, 0.717) is 5.88 Å². The van der Waals surface area contributed by atoms with Crippen molar-refractivity contribution in [1.29, 1.82) is 0 Å². The predicted octanol–water partition coefficient (Wildman–Crippen LogP) is 4.18. The molecule has 19 heavy (non-hydrogen) atoms. The first kappa shape index (κ1) is 13.4. The molecule has 1 aromatic heterocycles. The molecule has 0 fully saturated rings. The minimum absolute atomic E-state index is 0.103. The first-order valence-electron chi connectivity index (χ1n) is 6.27. The third kappa shape index (κ3) is 3.47. The molecule has 0 aliphatic heterocycles. The Bertz CT molecular complexity index is 524. The van der Waals surface area contributed by atoms with Gasteiger partial charge < -0.3 is 9.47 Å². The smallest absolute Gasteiger partial charge is 0.219 e. The van der Waals surface area contributed by atoms with Gasteiger partial charge in [-0.3, -0.25) is 0 Å². The van der Waals surface area contributed by atoms with Crippen LogP contribution in [0.4, 0.5) is 0 Å². The highest BCUT2D eigenvalue weighted by atomic mass is 16.5. The Morgan fingerprint density at radius 1 is 0.895 bits per heavy atom. The van der Waals surface area contributed by atoms with Crippen LogP contribution in [0.5, 0.6) is 17.4 Å². The Morgan fingerprint density at radius 2 is 1.53 bits per heavy atom. The summed E-state index contributed by atoms with van der Waals surface area (Å²) in [4.78, 5) is 4.33. The predicted molar refractivity (Wildman–Crippen MR) is 76.0 cm³/mol. The average molecular weight is 257 g/mol. The maximum atomic E-state index is 5.68. The van der Waals surface area contributed by atoms with Gasteiger partial charge in [0.25, 0.3) is 0 Å². The van der Waals surface area contributed by atoms with E-state index < -0.39 is 0 Å². The summed E-state index contributed by atoms with van der Waals surface area (Å²) in [6.07, 6.45) is 1.86. The molecule has 0 aliphatic rings. The molecule has 0 spiro atoms. The van der Waals surface area contributed by atoms with Crippen LogP contribution < -0.4 is 9.47 Å². The summed E-state index contributed by atoms with van der Waals surface area (Å²) in [6, 6.07) is 11.4. The van der Waals surface area contributed by atoms with E-state index in [1.165, 1.54) is 5.56 Å². The first-order valence-corrected chi connectivity index (χ1v) is 6.27. The molecule has 3 nitrogen and oxygen atoms in total. The lowest BCUT2D eigenvalue weighted by molar-refractivity contribution is 0.412. The quantitative estimate of drug-likeness (QED) is 0.826. The molecule has 2 rings (SSSR count). The molecule has 0 aliphatic carbocycles. The summed E-state index contributed by atoms with van der Waals surface area (Å²) in [5.41, 5.74) is 1.29. The van der Waals surface area contributed by atoms with Crippen LogP contribution in [0.2, 0.25) is 0 Å². The van der Waals surface area contributed by atoms with Crippen molar-refractivity contribution in [3.63, 3.8) is 0 Å². The van der Waals surface area contributed by atoms with E-state index in [0.717, 1.165) is 11.5 Å². The summed E-state index contributed by atoms with van der Waals surface area (Å²) < 4.78 is 10.8. The number of ether oxygens (including phenoxy) is 2. The highest BCUT2D eigenvalue weighted by Gasteiger charge is 2.13. The summed E-state index contributed by atoms with van der Waals surface area (Å²) in [5, 5.41) is 0. The Balaban J connectivity index is 2.10. The largest absolute Gasteiger partial charge is 0.497 e. The highest BCUT2D eigenvalue weighted by Crippen LogP contribution is 2.25. The molecule has 0 saturated carbocycles. The Morgan fingerprint density at radius 3 is 2.00 bits per heavy atom. The maximum Gasteiger partial charge on any atom is 0.219 e. The Kier molecular flexibility index (Phi) is 3.74. The van der Waals surface area contributed by atoms with Crippen molar-refractivity contribution in [2.75, 3.05) is 7.11 Å². The molecular weight excluding hydrogens is 238 g/mol. The fourth-order valence-corrected chi connectivity index (χ4v) is 1.65. The monoisotopic (exact) mass is 257 g/mol. The summed E-state index contributed by atoms with van der Waals surface area (Å²) in [7, 11) is 1.64. The highest BCUT2D eigenvalue weighted by molar-refractivity contribution is 5.34. The topological polar surface area (TPSA) is 31.4 Å². The molecular formula is C16H19NO2. The second kappa shape index (κ2) is 5.31. The average Bonchev–Trinajstić information content (AvgIpc) is 2.39. The van der Waals surface area contributed by atoms with E-state index in [2.05, 4.69) is 25.8 Å². The van der Waals surface area contributed by atoms with Crippen molar-refractivity contribution in [2.24, 2.45) is 0 Å². The molecule has 0 bridgehead atoms. The number of hydrogen-bond donors (Lipinski definition) is 0. The van der Waals surface area contributed by atoms with Gasteiger partial charge in [-0.2, -0.15) is 0 Å². The van der Waals surface area contributed by atoms with E-state index >= 15 is 0 Å². The van der Waals surface area contributed by atoms with Crippen molar-refractivity contribution in [1.82, 2.24) is 4.98 Å². The lowest BCUT2D eigenvalue weighted by Gasteiger charge is -2.18. The summed E-state index contributed by atoms with van der Waals surface area (Å²) >= 11 is 0. The lowest BCUT2D eigenvalue weighted by atomic mass is 9.88. The van der Waals surface area contributed by atoms with Crippen LogP contribution in [0, 0.1) is 0 Å². The van der Waals surface area contributed by atoms with Crippen LogP contribution in [0.3, 0.4) is 0 Å². The maximum absolute atomic E-state index is 5.68. The molecule has 0 N–H and O–H groups in total. The van der Waals surface area contributed by atoms with Crippen molar-refractivity contribution < 1.29 is 9.47 Å². The van der Waals surface area contributed by atoms with Crippen LogP contribution in [-0.2, 0) is 5.41 Å². The molecule has 2 aromatic rings. The van der Waals surface area contributed by atoms with Crippen molar-refractivity contribution in [3.05, 3.63) is 48.2 Å². The van der Waals surface area contributed by atoms with Gasteiger partial charge in [0.05, 0.1) is 7.11 Å². The Labute approximate surface area is 114 Å². The van der Waals surface area contributed by atoms with Gasteiger partial charge >= 0.3 is 0 Å². The van der Waals surface area contributed by atoms with Crippen molar-refractivity contribution >= 4 is 0 Å². The van der Waals surface area contributed by atoms with Gasteiger partial charge in [-0.1, -0.05) is 26.8 Å². The summed E-state index contributed by atoms with van der Waals surface area (Å²) in [6.45, 7) is 6.48. The number of aromatic nitrogens is 1. The van der Waals surface area contributed by atoms with Gasteiger partial charge in [0.1, 0.15) is 11.5 Å². The van der Waals surface area contributed by atoms with Crippen LogP contribution in [0.25, 0.3) is 0 Å². The number of benzene rings is 1. The van der Waals surface area contributed by atoms with Crippen molar-refractivity contribution in [3.8, 4) is 17.4 Å². The molecule has 0 unspecified atom stereocenters. The van der Waals surface area contributed by atoms with Crippen LogP contribution in [0.1, 0.15) is 26.3 Å². The fourth-order valence-electron chi connectivity index (χ4n) is 1.65. The van der Waals surface area contributed by atoms with Crippen LogP contribution >= 0.6 is 0 Å². The van der Waals surface area contributed by atoms with Gasteiger partial charge in [0.2, 0.25) is 5.88 Å². The summed E-state index contributed by atoms with van der Waals surface area (Å²) in [5.74, 6) is 2.15. The van der Waals surface area contributed by atoms with E-state index in [1.807, 2.05) is 42.6 Å². The number of hydrogen-bond acceptors (Lipinski definition) is 3. The van der Waals surface area contributed by atoms with E-state index in [4.69, 9.17) is 9.47 Å². The van der Waals surface area contributed by atoms with E-state index in [9.17, 15) is 0 Å². The number of methoxy groups -OCH3 is 1. The van der Waals surface area contributed by atoms with Crippen LogP contribution in [0.15, 0.2) is 42.6 Å². The van der Waals surface area contributed by atoms with Gasteiger partial charge in [-0.05, 0) is 35.2 Å². The standard InChI is InChI=1S/C16H19NO2/c1-16(2,3)12-5-10-15(17-11-12)19-14-8-6-13(18-4)7-9-14/h5-11H,1-4H3. The van der Waals surface area contributed by atoms with Gasteiger partial charge in [0.15, 0.2) is 0 Å². The molecule has 0 saturated heterocycles. The second-order valence-corrected chi connectivity index (χ2v) is 5.41. The molecule has 3 heteroatoms. The van der Waals surface area contributed by atoms with E-state index in [1.54, 1.807) is 7.11 Å². The SMILES string of the molecule is COc1ccc(Oc2ccc(C(C)(C)C)cn2)cc1. The minimum Gasteiger partial charge on any atom is -0.497 e. The van der Waals surface area contributed by atoms with Gasteiger partial charge in [-0.25, -0.2) is 4.98 Å². The third-order valence-electron chi connectivity index (χ3n) is 2.88. The molecule has 100 valence electrons. The van der Waals surface area contributed by atoms with Crippen molar-refractivity contribution in [2.45, 2.75) is 26.2 Å². The zero-order valence-corrected chi connectivity index (χ0v) is 11.8. The molecule has 0 atom stereocenters. The van der Waals surface area contributed by atoms with Gasteiger partial charge in [-0.15, -0.1) is 0 Å². The molecule has 1 heterocycles. The second-order valence-electron chi connectivity index (χ2n) is 5.41. The van der Waals surface area contributed by atoms with E-state index in [-0.39, 0.29) is 5.41 Å². The fraction of sp³-hybridized carbons (Fsp3) is 0.312. The number of nitrogens with zero attached hydrogens (tertiary/aromatic N) is 1. The van der Waals surface area contributed by atoms with Crippen LogP contribution in [-0.4, -0.2) is 12.1 Å². The number of rotatable bonds is 3. The minimum atomic E-state index is 0.103. The van der Waals surface area contributed by atoms with Gasteiger partial charge in [0, 0.05) is 12.3 Å². The molecule has 1 aromatic carbocycles. The third-order valence-corrected chi connectivity index (χ3v) is 2.88. The Hall–Kier alpha value is -2.03.